The van der Waals surface area contributed by atoms with Crippen LogP contribution in [0.3, 0.4) is 0 Å². The highest BCUT2D eigenvalue weighted by atomic mass is 15.1. The standard InChI is InChI=1S/C15H30N2/c1-3-17(10-14-6-7-14)12-15(11-16)8-4-5-13(2)9-15/h13-14H,3-12,16H2,1-2H3. The molecule has 0 spiro atoms. The van der Waals surface area contributed by atoms with Gasteiger partial charge < -0.3 is 10.6 Å². The van der Waals surface area contributed by atoms with E-state index >= 15 is 0 Å². The zero-order valence-corrected chi connectivity index (χ0v) is 11.8. The first kappa shape index (κ1) is 13.4. The maximum absolute atomic E-state index is 6.12. The zero-order chi connectivity index (χ0) is 12.3. The van der Waals surface area contributed by atoms with Crippen LogP contribution in [0, 0.1) is 17.3 Å². The topological polar surface area (TPSA) is 29.3 Å². The number of nitrogens with two attached hydrogens (primary N) is 1. The van der Waals surface area contributed by atoms with Gasteiger partial charge in [0.05, 0.1) is 0 Å². The van der Waals surface area contributed by atoms with E-state index in [1.54, 1.807) is 0 Å². The van der Waals surface area contributed by atoms with E-state index in [1.807, 2.05) is 0 Å². The molecule has 0 bridgehead atoms. The minimum Gasteiger partial charge on any atom is -0.330 e. The van der Waals surface area contributed by atoms with Gasteiger partial charge in [-0.25, -0.2) is 0 Å². The fraction of sp³-hybridized carbons (Fsp3) is 1.00. The predicted molar refractivity (Wildman–Crippen MR) is 74.0 cm³/mol. The van der Waals surface area contributed by atoms with Crippen LogP contribution in [0.1, 0.15) is 52.4 Å². The zero-order valence-electron chi connectivity index (χ0n) is 11.8. The Morgan fingerprint density at radius 3 is 2.59 bits per heavy atom. The lowest BCUT2D eigenvalue weighted by Crippen LogP contribution is -2.45. The van der Waals surface area contributed by atoms with E-state index in [4.69, 9.17) is 5.73 Å². The van der Waals surface area contributed by atoms with E-state index in [2.05, 4.69) is 18.7 Å². The molecule has 0 saturated heterocycles. The van der Waals surface area contributed by atoms with E-state index in [9.17, 15) is 0 Å². The van der Waals surface area contributed by atoms with Gasteiger partial charge in [-0.2, -0.15) is 0 Å². The fourth-order valence-corrected chi connectivity index (χ4v) is 3.61. The molecule has 0 aromatic heterocycles. The molecular formula is C15H30N2. The maximum Gasteiger partial charge on any atom is 0.00502 e. The average Bonchev–Trinajstić information content (AvgIpc) is 3.12. The Kier molecular flexibility index (Phi) is 4.48. The summed E-state index contributed by atoms with van der Waals surface area (Å²) in [5.41, 5.74) is 6.56. The molecule has 0 aromatic carbocycles. The highest BCUT2D eigenvalue weighted by Crippen LogP contribution is 2.40. The Balaban J connectivity index is 1.90. The molecule has 2 unspecified atom stereocenters. The van der Waals surface area contributed by atoms with Crippen molar-refractivity contribution in [3.63, 3.8) is 0 Å². The molecule has 2 heteroatoms. The molecule has 100 valence electrons. The lowest BCUT2D eigenvalue weighted by atomic mass is 9.69. The van der Waals surface area contributed by atoms with Gasteiger partial charge in [-0.05, 0) is 56.0 Å². The van der Waals surface area contributed by atoms with Crippen LogP contribution in [0.15, 0.2) is 0 Å². The Labute approximate surface area is 107 Å². The van der Waals surface area contributed by atoms with Crippen molar-refractivity contribution in [3.05, 3.63) is 0 Å². The Hall–Kier alpha value is -0.0800. The van der Waals surface area contributed by atoms with Crippen LogP contribution in [0.25, 0.3) is 0 Å². The van der Waals surface area contributed by atoms with Crippen LogP contribution in [-0.4, -0.2) is 31.1 Å². The third-order valence-corrected chi connectivity index (χ3v) is 4.84. The number of hydrogen-bond donors (Lipinski definition) is 1. The molecule has 2 atom stereocenters. The number of nitrogens with zero attached hydrogens (tertiary/aromatic N) is 1. The summed E-state index contributed by atoms with van der Waals surface area (Å²) in [5.74, 6) is 1.89. The van der Waals surface area contributed by atoms with Crippen molar-refractivity contribution >= 4 is 0 Å². The van der Waals surface area contributed by atoms with E-state index in [-0.39, 0.29) is 0 Å². The summed E-state index contributed by atoms with van der Waals surface area (Å²) in [6.07, 6.45) is 8.43. The normalized spacial score (nSPS) is 34.2. The quantitative estimate of drug-likeness (QED) is 0.771. The van der Waals surface area contributed by atoms with Crippen molar-refractivity contribution in [2.45, 2.75) is 52.4 Å². The van der Waals surface area contributed by atoms with Gasteiger partial charge in [-0.15, -0.1) is 0 Å². The first-order chi connectivity index (χ1) is 8.17. The van der Waals surface area contributed by atoms with Gasteiger partial charge in [0, 0.05) is 13.1 Å². The van der Waals surface area contributed by atoms with Gasteiger partial charge in [0.15, 0.2) is 0 Å². The minimum absolute atomic E-state index is 0.433. The third-order valence-electron chi connectivity index (χ3n) is 4.84. The summed E-state index contributed by atoms with van der Waals surface area (Å²) in [6.45, 7) is 9.37. The molecule has 0 amide bonds. The molecule has 0 aliphatic heterocycles. The molecule has 0 radical (unpaired) electrons. The largest absolute Gasteiger partial charge is 0.330 e. The second-order valence-corrected chi connectivity index (χ2v) is 6.68. The van der Waals surface area contributed by atoms with E-state index in [0.717, 1.165) is 18.4 Å². The smallest absolute Gasteiger partial charge is 0.00502 e. The maximum atomic E-state index is 6.12. The first-order valence-corrected chi connectivity index (χ1v) is 7.60. The Morgan fingerprint density at radius 1 is 1.29 bits per heavy atom. The Bertz CT molecular complexity index is 237. The SMILES string of the molecule is CCN(CC1CC1)CC1(CN)CCCC(C)C1. The summed E-state index contributed by atoms with van der Waals surface area (Å²) in [5, 5.41) is 0. The van der Waals surface area contributed by atoms with Crippen LogP contribution in [0.5, 0.6) is 0 Å². The first-order valence-electron chi connectivity index (χ1n) is 7.60. The highest BCUT2D eigenvalue weighted by Gasteiger charge is 2.36. The second-order valence-electron chi connectivity index (χ2n) is 6.68. The van der Waals surface area contributed by atoms with Gasteiger partial charge in [0.1, 0.15) is 0 Å². The van der Waals surface area contributed by atoms with Crippen molar-refractivity contribution in [2.75, 3.05) is 26.2 Å². The highest BCUT2D eigenvalue weighted by molar-refractivity contribution is 4.90. The molecule has 2 aliphatic carbocycles. The van der Waals surface area contributed by atoms with Crippen molar-refractivity contribution in [2.24, 2.45) is 23.0 Å². The predicted octanol–water partition coefficient (Wildman–Crippen LogP) is 2.87. The lowest BCUT2D eigenvalue weighted by molar-refractivity contribution is 0.0885. The lowest BCUT2D eigenvalue weighted by Gasteiger charge is -2.42. The summed E-state index contributed by atoms with van der Waals surface area (Å²) in [6, 6.07) is 0. The van der Waals surface area contributed by atoms with E-state index < -0.39 is 0 Å². The minimum atomic E-state index is 0.433. The van der Waals surface area contributed by atoms with Crippen molar-refractivity contribution in [1.82, 2.24) is 4.90 Å². The summed E-state index contributed by atoms with van der Waals surface area (Å²) in [4.78, 5) is 2.67. The molecule has 2 nitrogen and oxygen atoms in total. The van der Waals surface area contributed by atoms with E-state index in [0.29, 0.717) is 5.41 Å². The molecule has 0 aromatic rings. The van der Waals surface area contributed by atoms with Crippen LogP contribution in [-0.2, 0) is 0 Å². The van der Waals surface area contributed by atoms with Gasteiger partial charge in [0.25, 0.3) is 0 Å². The van der Waals surface area contributed by atoms with Gasteiger partial charge in [-0.3, -0.25) is 0 Å². The van der Waals surface area contributed by atoms with Crippen LogP contribution < -0.4 is 5.73 Å². The van der Waals surface area contributed by atoms with Crippen LogP contribution >= 0.6 is 0 Å². The fourth-order valence-electron chi connectivity index (χ4n) is 3.61. The third kappa shape index (κ3) is 3.69. The molecule has 17 heavy (non-hydrogen) atoms. The van der Waals surface area contributed by atoms with Gasteiger partial charge in [-0.1, -0.05) is 26.7 Å². The monoisotopic (exact) mass is 238 g/mol. The summed E-state index contributed by atoms with van der Waals surface area (Å²) in [7, 11) is 0. The molecule has 2 aliphatic rings. The van der Waals surface area contributed by atoms with E-state index in [1.165, 1.54) is 58.2 Å². The van der Waals surface area contributed by atoms with Crippen molar-refractivity contribution in [1.29, 1.82) is 0 Å². The molecule has 2 rings (SSSR count). The van der Waals surface area contributed by atoms with Crippen LogP contribution in [0.2, 0.25) is 0 Å². The molecule has 2 saturated carbocycles. The van der Waals surface area contributed by atoms with Crippen LogP contribution in [0.4, 0.5) is 0 Å². The van der Waals surface area contributed by atoms with Gasteiger partial charge in [0.2, 0.25) is 0 Å². The summed E-state index contributed by atoms with van der Waals surface area (Å²) >= 11 is 0. The summed E-state index contributed by atoms with van der Waals surface area (Å²) < 4.78 is 0. The average molecular weight is 238 g/mol. The Morgan fingerprint density at radius 2 is 2.06 bits per heavy atom. The number of hydrogen-bond acceptors (Lipinski definition) is 2. The van der Waals surface area contributed by atoms with Crippen molar-refractivity contribution < 1.29 is 0 Å². The van der Waals surface area contributed by atoms with Gasteiger partial charge >= 0.3 is 0 Å². The number of rotatable bonds is 6. The molecular weight excluding hydrogens is 208 g/mol. The molecule has 2 fully saturated rings. The van der Waals surface area contributed by atoms with Crippen molar-refractivity contribution in [3.8, 4) is 0 Å². The second kappa shape index (κ2) is 5.71. The molecule has 2 N–H and O–H groups in total. The molecule has 0 heterocycles.